The lowest BCUT2D eigenvalue weighted by Gasteiger charge is -2.17. The molecule has 1 heterocycles. The average Bonchev–Trinajstić information content (AvgIpc) is 2.49. The van der Waals surface area contributed by atoms with Gasteiger partial charge in [0.05, 0.1) is 10.6 Å². The molecular weight excluding hydrogens is 305 g/mol. The lowest BCUT2D eigenvalue weighted by Crippen LogP contribution is -2.33. The second-order valence-electron chi connectivity index (χ2n) is 4.94. The third kappa shape index (κ3) is 3.42. The maximum absolute atomic E-state index is 12.9. The monoisotopic (exact) mass is 319 g/mol. The van der Waals surface area contributed by atoms with E-state index in [9.17, 15) is 24.1 Å². The van der Waals surface area contributed by atoms with E-state index in [1.807, 2.05) is 0 Å². The lowest BCUT2D eigenvalue weighted by atomic mass is 10.2. The zero-order valence-electron chi connectivity index (χ0n) is 12.4. The molecule has 1 N–H and O–H groups in total. The summed E-state index contributed by atoms with van der Waals surface area (Å²) in [7, 11) is 0. The SMILES string of the molecule is Cc1c([N+](=O)[O-])ccc(=O)n1C(C)C(=O)Nc1ccc(F)cc1. The molecule has 1 aromatic carbocycles. The number of hydrogen-bond donors (Lipinski definition) is 1. The van der Waals surface area contributed by atoms with E-state index < -0.39 is 28.2 Å². The van der Waals surface area contributed by atoms with E-state index in [1.165, 1.54) is 38.1 Å². The number of hydrogen-bond acceptors (Lipinski definition) is 4. The van der Waals surface area contributed by atoms with Crippen LogP contribution in [0.5, 0.6) is 0 Å². The Hall–Kier alpha value is -3.03. The quantitative estimate of drug-likeness (QED) is 0.691. The van der Waals surface area contributed by atoms with Crippen LogP contribution in [0.25, 0.3) is 0 Å². The summed E-state index contributed by atoms with van der Waals surface area (Å²) in [6, 6.07) is 6.32. The maximum atomic E-state index is 12.9. The number of carbonyl (C=O) groups excluding carboxylic acids is 1. The molecule has 0 spiro atoms. The van der Waals surface area contributed by atoms with Gasteiger partial charge in [-0.25, -0.2) is 4.39 Å². The van der Waals surface area contributed by atoms with E-state index in [0.29, 0.717) is 5.69 Å². The van der Waals surface area contributed by atoms with Crippen LogP contribution in [-0.4, -0.2) is 15.4 Å². The summed E-state index contributed by atoms with van der Waals surface area (Å²) in [5, 5.41) is 13.5. The minimum absolute atomic E-state index is 0.0873. The smallest absolute Gasteiger partial charge is 0.288 e. The van der Waals surface area contributed by atoms with Gasteiger partial charge in [-0.15, -0.1) is 0 Å². The summed E-state index contributed by atoms with van der Waals surface area (Å²) in [5.41, 5.74) is -0.315. The number of anilines is 1. The molecule has 0 aliphatic rings. The third-order valence-electron chi connectivity index (χ3n) is 3.43. The molecule has 23 heavy (non-hydrogen) atoms. The van der Waals surface area contributed by atoms with Crippen LogP contribution in [0.2, 0.25) is 0 Å². The van der Waals surface area contributed by atoms with E-state index >= 15 is 0 Å². The fraction of sp³-hybridized carbons (Fsp3) is 0.200. The van der Waals surface area contributed by atoms with Crippen molar-refractivity contribution < 1.29 is 14.1 Å². The molecule has 1 unspecified atom stereocenters. The van der Waals surface area contributed by atoms with Crippen LogP contribution in [0.3, 0.4) is 0 Å². The number of rotatable bonds is 4. The van der Waals surface area contributed by atoms with Crippen molar-refractivity contribution in [3.8, 4) is 0 Å². The van der Waals surface area contributed by atoms with Gasteiger partial charge in [-0.2, -0.15) is 0 Å². The summed E-state index contributed by atoms with van der Waals surface area (Å²) < 4.78 is 13.9. The van der Waals surface area contributed by atoms with Crippen LogP contribution in [-0.2, 0) is 4.79 Å². The summed E-state index contributed by atoms with van der Waals surface area (Å²) in [5.74, 6) is -0.982. The van der Waals surface area contributed by atoms with Crippen molar-refractivity contribution in [3.63, 3.8) is 0 Å². The highest BCUT2D eigenvalue weighted by Crippen LogP contribution is 2.19. The van der Waals surface area contributed by atoms with Gasteiger partial charge in [-0.3, -0.25) is 24.3 Å². The van der Waals surface area contributed by atoms with Crippen LogP contribution < -0.4 is 10.9 Å². The minimum atomic E-state index is -0.965. The van der Waals surface area contributed by atoms with Crippen LogP contribution in [0, 0.1) is 22.9 Å². The van der Waals surface area contributed by atoms with E-state index in [1.54, 1.807) is 0 Å². The van der Waals surface area contributed by atoms with Crippen LogP contribution in [0.1, 0.15) is 18.7 Å². The Kier molecular flexibility index (Phi) is 4.54. The summed E-state index contributed by atoms with van der Waals surface area (Å²) in [4.78, 5) is 34.6. The highest BCUT2D eigenvalue weighted by molar-refractivity contribution is 5.93. The number of pyridine rings is 1. The first-order chi connectivity index (χ1) is 10.8. The summed E-state index contributed by atoms with van der Waals surface area (Å²) in [6.07, 6.45) is 0. The molecule has 0 fully saturated rings. The van der Waals surface area contributed by atoms with Gasteiger partial charge in [-0.05, 0) is 38.1 Å². The number of nitrogens with one attached hydrogen (secondary N) is 1. The van der Waals surface area contributed by atoms with Crippen molar-refractivity contribution >= 4 is 17.3 Å². The molecule has 0 bridgehead atoms. The molecule has 1 aromatic heterocycles. The number of carbonyl (C=O) groups is 1. The Labute approximate surface area is 130 Å². The van der Waals surface area contributed by atoms with Gasteiger partial charge < -0.3 is 5.32 Å². The largest absolute Gasteiger partial charge is 0.324 e. The van der Waals surface area contributed by atoms with Crippen molar-refractivity contribution in [1.29, 1.82) is 0 Å². The molecular formula is C15H14FN3O4. The number of nitrogens with zero attached hydrogens (tertiary/aromatic N) is 2. The molecule has 0 aliphatic heterocycles. The fourth-order valence-electron chi connectivity index (χ4n) is 2.21. The van der Waals surface area contributed by atoms with Crippen molar-refractivity contribution in [2.45, 2.75) is 19.9 Å². The van der Waals surface area contributed by atoms with Gasteiger partial charge in [-0.1, -0.05) is 0 Å². The standard InChI is InChI=1S/C15H14FN3O4/c1-9-13(19(22)23)7-8-14(20)18(9)10(2)15(21)17-12-5-3-11(16)4-6-12/h3-8,10H,1-2H3,(H,17,21). The number of aromatic nitrogens is 1. The van der Waals surface area contributed by atoms with Crippen molar-refractivity contribution in [2.75, 3.05) is 5.32 Å². The Balaban J connectivity index is 2.32. The van der Waals surface area contributed by atoms with Gasteiger partial charge in [0.15, 0.2) is 0 Å². The molecule has 0 saturated heterocycles. The molecule has 7 nitrogen and oxygen atoms in total. The molecule has 0 aliphatic carbocycles. The number of amides is 1. The Morgan fingerprint density at radius 1 is 1.26 bits per heavy atom. The van der Waals surface area contributed by atoms with E-state index in [2.05, 4.69) is 5.32 Å². The van der Waals surface area contributed by atoms with E-state index in [4.69, 9.17) is 0 Å². The van der Waals surface area contributed by atoms with Gasteiger partial charge in [0.1, 0.15) is 11.9 Å². The Morgan fingerprint density at radius 2 is 1.87 bits per heavy atom. The van der Waals surface area contributed by atoms with E-state index in [-0.39, 0.29) is 11.4 Å². The summed E-state index contributed by atoms with van der Waals surface area (Å²) >= 11 is 0. The zero-order valence-corrected chi connectivity index (χ0v) is 12.4. The molecule has 120 valence electrons. The fourth-order valence-corrected chi connectivity index (χ4v) is 2.21. The van der Waals surface area contributed by atoms with Crippen molar-refractivity contribution in [3.05, 3.63) is 68.4 Å². The number of nitro groups is 1. The van der Waals surface area contributed by atoms with Gasteiger partial charge >= 0.3 is 0 Å². The Morgan fingerprint density at radius 3 is 2.43 bits per heavy atom. The second kappa shape index (κ2) is 6.39. The first-order valence-corrected chi connectivity index (χ1v) is 6.74. The molecule has 0 radical (unpaired) electrons. The maximum Gasteiger partial charge on any atom is 0.288 e. The van der Waals surface area contributed by atoms with Gasteiger partial charge in [0.25, 0.3) is 11.2 Å². The minimum Gasteiger partial charge on any atom is -0.324 e. The average molecular weight is 319 g/mol. The molecule has 8 heteroatoms. The molecule has 1 amide bonds. The Bertz CT molecular complexity index is 814. The normalized spacial score (nSPS) is 11.8. The van der Waals surface area contributed by atoms with Crippen LogP contribution in [0.4, 0.5) is 15.8 Å². The molecule has 2 aromatic rings. The first kappa shape index (κ1) is 16.3. The van der Waals surface area contributed by atoms with Crippen LogP contribution in [0.15, 0.2) is 41.2 Å². The third-order valence-corrected chi connectivity index (χ3v) is 3.43. The zero-order chi connectivity index (χ0) is 17.1. The lowest BCUT2D eigenvalue weighted by molar-refractivity contribution is -0.386. The number of halogens is 1. The molecule has 2 rings (SSSR count). The first-order valence-electron chi connectivity index (χ1n) is 6.74. The molecule has 1 atom stereocenters. The van der Waals surface area contributed by atoms with Gasteiger partial charge in [0, 0.05) is 17.8 Å². The predicted molar refractivity (Wildman–Crippen MR) is 81.8 cm³/mol. The van der Waals surface area contributed by atoms with E-state index in [0.717, 1.165) is 16.7 Å². The van der Waals surface area contributed by atoms with Crippen molar-refractivity contribution in [2.24, 2.45) is 0 Å². The second-order valence-corrected chi connectivity index (χ2v) is 4.94. The summed E-state index contributed by atoms with van der Waals surface area (Å²) in [6.45, 7) is 2.86. The molecule has 0 saturated carbocycles. The topological polar surface area (TPSA) is 94.2 Å². The number of benzene rings is 1. The predicted octanol–water partition coefficient (Wildman–Crippen LogP) is 2.40. The van der Waals surface area contributed by atoms with Gasteiger partial charge in [0.2, 0.25) is 5.91 Å². The van der Waals surface area contributed by atoms with Crippen LogP contribution >= 0.6 is 0 Å². The van der Waals surface area contributed by atoms with Crippen molar-refractivity contribution in [1.82, 2.24) is 4.57 Å². The highest BCUT2D eigenvalue weighted by Gasteiger charge is 2.23. The highest BCUT2D eigenvalue weighted by atomic mass is 19.1.